The van der Waals surface area contributed by atoms with Gasteiger partial charge in [0.2, 0.25) is 0 Å². The van der Waals surface area contributed by atoms with E-state index in [9.17, 15) is 22.4 Å². The molecule has 3 rings (SSSR count). The molecule has 0 aliphatic heterocycles. The minimum absolute atomic E-state index is 0.0293. The molecule has 3 N–H and O–H groups in total. The van der Waals surface area contributed by atoms with Crippen LogP contribution in [0.15, 0.2) is 57.8 Å². The number of carbonyl (C=O) groups is 2. The number of hydrogen-bond donors (Lipinski definition) is 3. The Morgan fingerprint density at radius 1 is 0.968 bits per heavy atom. The van der Waals surface area contributed by atoms with Gasteiger partial charge in [0.1, 0.15) is 17.3 Å². The molecule has 1 heterocycles. The number of furan rings is 1. The largest absolute Gasteiger partial charge is 0.466 e. The molecule has 11 heteroatoms. The number of nitrogens with one attached hydrogen (secondary N) is 3. The van der Waals surface area contributed by atoms with Crippen LogP contribution in [0.4, 0.5) is 10.1 Å². The van der Waals surface area contributed by atoms with Crippen molar-refractivity contribution in [2.24, 2.45) is 0 Å². The average molecular weight is 466 g/mol. The highest BCUT2D eigenvalue weighted by Gasteiger charge is 2.18. The predicted octanol–water partition coefficient (Wildman–Crippen LogP) is 3.56. The zero-order valence-corrected chi connectivity index (χ0v) is 17.9. The smallest absolute Gasteiger partial charge is 0.273 e. The highest BCUT2D eigenvalue weighted by molar-refractivity contribution is 7.92. The summed E-state index contributed by atoms with van der Waals surface area (Å²) in [6.45, 7) is 3.30. The fourth-order valence-corrected chi connectivity index (χ4v) is 3.96. The van der Waals surface area contributed by atoms with Crippen molar-refractivity contribution in [2.45, 2.75) is 18.7 Å². The molecular formula is C20H17ClFN3O5S. The van der Waals surface area contributed by atoms with Crippen LogP contribution >= 0.6 is 11.6 Å². The van der Waals surface area contributed by atoms with Gasteiger partial charge in [0, 0.05) is 5.56 Å². The zero-order valence-electron chi connectivity index (χ0n) is 16.3. The molecule has 3 aromatic rings. The van der Waals surface area contributed by atoms with Crippen molar-refractivity contribution in [2.75, 3.05) is 4.72 Å². The van der Waals surface area contributed by atoms with Crippen molar-refractivity contribution in [3.05, 3.63) is 82.0 Å². The SMILES string of the molecule is Cc1cc(C(=O)NNC(=O)c2ccc(Cl)c(NS(=O)(=O)c3ccc(F)cc3)c2)c(C)o1. The summed E-state index contributed by atoms with van der Waals surface area (Å²) in [6, 6.07) is 9.61. The molecule has 0 atom stereocenters. The van der Waals surface area contributed by atoms with E-state index in [1.54, 1.807) is 13.8 Å². The van der Waals surface area contributed by atoms with Gasteiger partial charge in [-0.3, -0.25) is 25.2 Å². The number of aryl methyl sites for hydroxylation is 2. The Morgan fingerprint density at radius 2 is 1.61 bits per heavy atom. The Hall–Kier alpha value is -3.37. The predicted molar refractivity (Wildman–Crippen MR) is 112 cm³/mol. The summed E-state index contributed by atoms with van der Waals surface area (Å²) in [5, 5.41) is 0.0377. The second kappa shape index (κ2) is 8.78. The van der Waals surface area contributed by atoms with Gasteiger partial charge in [-0.05, 0) is 62.4 Å². The lowest BCUT2D eigenvalue weighted by molar-refractivity contribution is 0.0845. The lowest BCUT2D eigenvalue weighted by Gasteiger charge is -2.12. The van der Waals surface area contributed by atoms with E-state index < -0.39 is 27.7 Å². The lowest BCUT2D eigenvalue weighted by atomic mass is 10.2. The molecule has 8 nitrogen and oxygen atoms in total. The van der Waals surface area contributed by atoms with Crippen LogP contribution in [-0.4, -0.2) is 20.2 Å². The molecule has 0 spiro atoms. The normalized spacial score (nSPS) is 11.1. The molecule has 0 radical (unpaired) electrons. The third-order valence-electron chi connectivity index (χ3n) is 4.17. The van der Waals surface area contributed by atoms with Gasteiger partial charge >= 0.3 is 0 Å². The van der Waals surface area contributed by atoms with Crippen molar-refractivity contribution in [3.8, 4) is 0 Å². The highest BCUT2D eigenvalue weighted by atomic mass is 35.5. The molecule has 0 aliphatic carbocycles. The van der Waals surface area contributed by atoms with Crippen LogP contribution in [0.5, 0.6) is 0 Å². The Kier molecular flexibility index (Phi) is 6.32. The van der Waals surface area contributed by atoms with Crippen LogP contribution in [-0.2, 0) is 10.0 Å². The van der Waals surface area contributed by atoms with Crippen LogP contribution < -0.4 is 15.6 Å². The zero-order chi connectivity index (χ0) is 22.8. The van der Waals surface area contributed by atoms with Gasteiger partial charge in [0.25, 0.3) is 21.8 Å². The van der Waals surface area contributed by atoms with E-state index in [-0.39, 0.29) is 26.7 Å². The fraction of sp³-hybridized carbons (Fsp3) is 0.100. The number of hydrazine groups is 1. The van der Waals surface area contributed by atoms with E-state index in [0.717, 1.165) is 24.3 Å². The number of amides is 2. The Labute approximate surface area is 182 Å². The van der Waals surface area contributed by atoms with E-state index >= 15 is 0 Å². The standard InChI is InChI=1S/C20H17ClFN3O5S/c1-11-9-16(12(2)30-11)20(27)24-23-19(26)13-3-8-17(21)18(10-13)25-31(28,29)15-6-4-14(22)5-7-15/h3-10,25H,1-2H3,(H,23,26)(H,24,27). The van der Waals surface area contributed by atoms with Crippen molar-refractivity contribution in [1.29, 1.82) is 0 Å². The first-order valence-corrected chi connectivity index (χ1v) is 10.7. The number of sulfonamides is 1. The van der Waals surface area contributed by atoms with Gasteiger partial charge in [-0.2, -0.15) is 0 Å². The highest BCUT2D eigenvalue weighted by Crippen LogP contribution is 2.26. The van der Waals surface area contributed by atoms with E-state index in [1.807, 2.05) is 0 Å². The van der Waals surface area contributed by atoms with Gasteiger partial charge in [-0.15, -0.1) is 0 Å². The molecule has 162 valence electrons. The number of carbonyl (C=O) groups excluding carboxylic acids is 2. The summed E-state index contributed by atoms with van der Waals surface area (Å²) >= 11 is 6.05. The summed E-state index contributed by atoms with van der Waals surface area (Å²) in [4.78, 5) is 24.4. The Balaban J connectivity index is 1.74. The second-order valence-corrected chi connectivity index (χ2v) is 8.58. The van der Waals surface area contributed by atoms with E-state index in [2.05, 4.69) is 15.6 Å². The number of benzene rings is 2. The molecule has 0 unspecified atom stereocenters. The van der Waals surface area contributed by atoms with Crippen molar-refractivity contribution >= 4 is 39.1 Å². The van der Waals surface area contributed by atoms with E-state index in [0.29, 0.717) is 11.5 Å². The van der Waals surface area contributed by atoms with Crippen LogP contribution in [0.3, 0.4) is 0 Å². The van der Waals surface area contributed by atoms with Gasteiger partial charge < -0.3 is 4.42 Å². The molecule has 2 aromatic carbocycles. The molecule has 0 fully saturated rings. The summed E-state index contributed by atoms with van der Waals surface area (Å²) in [5.41, 5.74) is 4.73. The summed E-state index contributed by atoms with van der Waals surface area (Å²) < 4.78 is 45.6. The maximum atomic E-state index is 13.1. The maximum absolute atomic E-state index is 13.1. The summed E-state index contributed by atoms with van der Waals surface area (Å²) in [5.74, 6) is -0.921. The first-order valence-electron chi connectivity index (χ1n) is 8.82. The third kappa shape index (κ3) is 5.22. The van der Waals surface area contributed by atoms with Gasteiger partial charge in [0.15, 0.2) is 0 Å². The molecule has 0 aliphatic rings. The minimum Gasteiger partial charge on any atom is -0.466 e. The van der Waals surface area contributed by atoms with Crippen LogP contribution in [0.2, 0.25) is 5.02 Å². The van der Waals surface area contributed by atoms with Gasteiger partial charge in [-0.25, -0.2) is 12.8 Å². The van der Waals surface area contributed by atoms with Crippen molar-refractivity contribution in [1.82, 2.24) is 10.9 Å². The number of halogens is 2. The summed E-state index contributed by atoms with van der Waals surface area (Å²) in [6.07, 6.45) is 0. The quantitative estimate of drug-likeness (QED) is 0.498. The second-order valence-electron chi connectivity index (χ2n) is 6.49. The van der Waals surface area contributed by atoms with Crippen LogP contribution in [0, 0.1) is 19.7 Å². The average Bonchev–Trinajstić information content (AvgIpc) is 3.05. The maximum Gasteiger partial charge on any atom is 0.273 e. The molecule has 31 heavy (non-hydrogen) atoms. The molecule has 0 bridgehead atoms. The molecule has 2 amide bonds. The van der Waals surface area contributed by atoms with Crippen molar-refractivity contribution < 1.29 is 26.8 Å². The van der Waals surface area contributed by atoms with Crippen molar-refractivity contribution in [3.63, 3.8) is 0 Å². The number of anilines is 1. The molecule has 0 saturated heterocycles. The fourth-order valence-electron chi connectivity index (χ4n) is 2.67. The summed E-state index contributed by atoms with van der Waals surface area (Å²) in [7, 11) is -4.07. The van der Waals surface area contributed by atoms with E-state index in [1.165, 1.54) is 24.3 Å². The van der Waals surface area contributed by atoms with E-state index in [4.69, 9.17) is 16.0 Å². The van der Waals surface area contributed by atoms with Gasteiger partial charge in [0.05, 0.1) is 21.2 Å². The topological polar surface area (TPSA) is 118 Å². The first kappa shape index (κ1) is 22.3. The molecule has 0 saturated carbocycles. The lowest BCUT2D eigenvalue weighted by Crippen LogP contribution is -2.41. The number of hydrogen-bond acceptors (Lipinski definition) is 5. The van der Waals surface area contributed by atoms with Gasteiger partial charge in [-0.1, -0.05) is 11.6 Å². The molecule has 1 aromatic heterocycles. The Morgan fingerprint density at radius 3 is 2.23 bits per heavy atom. The Bertz CT molecular complexity index is 1260. The first-order chi connectivity index (χ1) is 14.6. The monoisotopic (exact) mass is 465 g/mol. The van der Waals surface area contributed by atoms with Crippen LogP contribution in [0.25, 0.3) is 0 Å². The number of rotatable bonds is 5. The molecular weight excluding hydrogens is 449 g/mol. The minimum atomic E-state index is -4.07. The third-order valence-corrected chi connectivity index (χ3v) is 5.88. The van der Waals surface area contributed by atoms with Crippen LogP contribution in [0.1, 0.15) is 32.2 Å².